The van der Waals surface area contributed by atoms with E-state index in [1.807, 2.05) is 0 Å². The van der Waals surface area contributed by atoms with Crippen molar-refractivity contribution in [1.29, 1.82) is 0 Å². The van der Waals surface area contributed by atoms with Crippen molar-refractivity contribution in [1.82, 2.24) is 25.0 Å². The number of hydrogen-bond acceptors (Lipinski definition) is 5. The zero-order chi connectivity index (χ0) is 21.1. The highest BCUT2D eigenvalue weighted by Gasteiger charge is 2.16. The molecule has 0 unspecified atom stereocenters. The highest BCUT2D eigenvalue weighted by atomic mass is 127. The fourth-order valence-electron chi connectivity index (χ4n) is 3.61. The Bertz CT molecular complexity index is 619. The van der Waals surface area contributed by atoms with Crippen molar-refractivity contribution in [3.05, 3.63) is 5.82 Å². The molecule has 30 heavy (non-hydrogen) atoms. The maximum atomic E-state index is 5.47. The molecule has 174 valence electrons. The lowest BCUT2D eigenvalue weighted by atomic mass is 9.96. The van der Waals surface area contributed by atoms with Gasteiger partial charge in [-0.05, 0) is 50.7 Å². The van der Waals surface area contributed by atoms with E-state index in [4.69, 9.17) is 9.73 Å². The number of aromatic nitrogens is 3. The Labute approximate surface area is 204 Å². The molecular formula is C21H41IN6OS. The number of rotatable bonds is 11. The Morgan fingerprint density at radius 3 is 2.70 bits per heavy atom. The first-order valence-corrected chi connectivity index (χ1v) is 12.3. The van der Waals surface area contributed by atoms with Crippen LogP contribution in [0.3, 0.4) is 0 Å². The molecule has 1 aromatic rings. The van der Waals surface area contributed by atoms with Crippen molar-refractivity contribution < 1.29 is 4.74 Å². The number of nitrogens with one attached hydrogen (secondary N) is 1. The minimum atomic E-state index is 0. The number of ether oxygens (including phenoxy) is 1. The van der Waals surface area contributed by atoms with E-state index in [9.17, 15) is 0 Å². The van der Waals surface area contributed by atoms with Crippen molar-refractivity contribution in [3.8, 4) is 0 Å². The van der Waals surface area contributed by atoms with Gasteiger partial charge in [0.1, 0.15) is 5.82 Å². The van der Waals surface area contributed by atoms with E-state index >= 15 is 0 Å². The second-order valence-corrected chi connectivity index (χ2v) is 8.99. The first kappa shape index (κ1) is 27.5. The zero-order valence-corrected chi connectivity index (χ0v) is 22.5. The maximum Gasteiger partial charge on any atom is 0.193 e. The van der Waals surface area contributed by atoms with Gasteiger partial charge in [-0.3, -0.25) is 4.99 Å². The molecule has 1 aliphatic heterocycles. The third-order valence-corrected chi connectivity index (χ3v) is 5.92. The molecule has 1 fully saturated rings. The predicted molar refractivity (Wildman–Crippen MR) is 137 cm³/mol. The molecular weight excluding hydrogens is 511 g/mol. The quantitative estimate of drug-likeness (QED) is 0.148. The van der Waals surface area contributed by atoms with Crippen LogP contribution in [0.2, 0.25) is 0 Å². The van der Waals surface area contributed by atoms with Crippen LogP contribution in [0.15, 0.2) is 10.1 Å². The van der Waals surface area contributed by atoms with Crippen LogP contribution in [-0.4, -0.2) is 71.8 Å². The Morgan fingerprint density at radius 1 is 1.33 bits per heavy atom. The summed E-state index contributed by atoms with van der Waals surface area (Å²) < 4.78 is 7.74. The summed E-state index contributed by atoms with van der Waals surface area (Å²) in [5.41, 5.74) is 0. The van der Waals surface area contributed by atoms with Crippen molar-refractivity contribution in [2.24, 2.45) is 16.8 Å². The molecule has 1 saturated heterocycles. The third-order valence-electron chi connectivity index (χ3n) is 5.25. The van der Waals surface area contributed by atoms with Gasteiger partial charge >= 0.3 is 0 Å². The number of halogens is 1. The second-order valence-electron chi connectivity index (χ2n) is 8.21. The maximum absolute atomic E-state index is 5.47. The lowest BCUT2D eigenvalue weighted by molar-refractivity contribution is 0.0625. The number of hydrogen-bond donors (Lipinski definition) is 1. The summed E-state index contributed by atoms with van der Waals surface area (Å²) in [6.07, 6.45) is 7.54. The van der Waals surface area contributed by atoms with Crippen LogP contribution in [0.1, 0.15) is 52.3 Å². The smallest absolute Gasteiger partial charge is 0.193 e. The van der Waals surface area contributed by atoms with E-state index in [-0.39, 0.29) is 24.0 Å². The molecule has 0 spiro atoms. The summed E-state index contributed by atoms with van der Waals surface area (Å²) in [7, 11) is 2.14. The zero-order valence-electron chi connectivity index (χ0n) is 19.4. The first-order valence-electron chi connectivity index (χ1n) is 11.1. The number of thioether (sulfide) groups is 1. The molecule has 7 nitrogen and oxygen atoms in total. The third kappa shape index (κ3) is 9.30. The number of aliphatic imine (C=N–C) groups is 1. The van der Waals surface area contributed by atoms with Gasteiger partial charge in [0, 0.05) is 52.9 Å². The molecule has 0 radical (unpaired) electrons. The van der Waals surface area contributed by atoms with Crippen LogP contribution < -0.4 is 5.32 Å². The molecule has 0 aliphatic carbocycles. The monoisotopic (exact) mass is 552 g/mol. The van der Waals surface area contributed by atoms with Crippen LogP contribution in [0.25, 0.3) is 0 Å². The Kier molecular flexibility index (Phi) is 14.0. The van der Waals surface area contributed by atoms with Gasteiger partial charge in [-0.15, -0.1) is 34.2 Å². The standard InChI is InChI=1S/C21H40N6OS.HI/c1-6-22-20(26(4)13-9-18-10-14-28-15-11-18)23-12-7-8-19-24-25-21(29-5)27(19)16-17(2)3;/h17-18H,6-16H2,1-5H3,(H,22,23);1H. The Morgan fingerprint density at radius 2 is 2.07 bits per heavy atom. The highest BCUT2D eigenvalue weighted by molar-refractivity contribution is 14.0. The number of aryl methyl sites for hydroxylation is 1. The lowest BCUT2D eigenvalue weighted by Crippen LogP contribution is -2.40. The molecule has 0 bridgehead atoms. The molecule has 1 aromatic heterocycles. The molecule has 0 amide bonds. The SMILES string of the molecule is CCNC(=NCCCc1nnc(SC)n1CC(C)C)N(C)CCC1CCOCC1.I. The van der Waals surface area contributed by atoms with Gasteiger partial charge in [0.15, 0.2) is 11.1 Å². The molecule has 2 heterocycles. The Hall–Kier alpha value is -0.550. The minimum Gasteiger partial charge on any atom is -0.381 e. The highest BCUT2D eigenvalue weighted by Crippen LogP contribution is 2.19. The fourth-order valence-corrected chi connectivity index (χ4v) is 4.14. The summed E-state index contributed by atoms with van der Waals surface area (Å²) >= 11 is 1.67. The molecule has 0 saturated carbocycles. The van der Waals surface area contributed by atoms with Crippen LogP contribution in [0, 0.1) is 11.8 Å². The van der Waals surface area contributed by atoms with Gasteiger partial charge in [0.05, 0.1) is 0 Å². The first-order chi connectivity index (χ1) is 14.0. The number of nitrogens with zero attached hydrogens (tertiary/aromatic N) is 5. The van der Waals surface area contributed by atoms with Crippen molar-refractivity contribution in [2.45, 2.75) is 64.6 Å². The van der Waals surface area contributed by atoms with Gasteiger partial charge in [0.25, 0.3) is 0 Å². The molecule has 0 atom stereocenters. The van der Waals surface area contributed by atoms with E-state index in [1.165, 1.54) is 19.3 Å². The summed E-state index contributed by atoms with van der Waals surface area (Å²) in [6, 6.07) is 0. The lowest BCUT2D eigenvalue weighted by Gasteiger charge is -2.26. The molecule has 9 heteroatoms. The van der Waals surface area contributed by atoms with Gasteiger partial charge in [-0.2, -0.15) is 0 Å². The molecule has 1 N–H and O–H groups in total. The summed E-state index contributed by atoms with van der Waals surface area (Å²) in [5.74, 6) is 3.45. The average Bonchev–Trinajstić information content (AvgIpc) is 3.10. The molecule has 0 aromatic carbocycles. The molecule has 1 aliphatic rings. The normalized spacial score (nSPS) is 15.3. The van der Waals surface area contributed by atoms with Gasteiger partial charge in [-0.25, -0.2) is 0 Å². The van der Waals surface area contributed by atoms with Crippen molar-refractivity contribution in [2.75, 3.05) is 46.2 Å². The fraction of sp³-hybridized carbons (Fsp3) is 0.857. The van der Waals surface area contributed by atoms with E-state index in [0.29, 0.717) is 5.92 Å². The van der Waals surface area contributed by atoms with E-state index in [1.54, 1.807) is 11.8 Å². The topological polar surface area (TPSA) is 67.6 Å². The van der Waals surface area contributed by atoms with Crippen LogP contribution in [-0.2, 0) is 17.7 Å². The number of guanidine groups is 1. The molecule has 2 rings (SSSR count). The summed E-state index contributed by atoms with van der Waals surface area (Å²) in [5, 5.41) is 13.2. The van der Waals surface area contributed by atoms with Crippen molar-refractivity contribution >= 4 is 41.7 Å². The van der Waals surface area contributed by atoms with Crippen LogP contribution >= 0.6 is 35.7 Å². The van der Waals surface area contributed by atoms with Crippen LogP contribution in [0.4, 0.5) is 0 Å². The van der Waals surface area contributed by atoms with Crippen molar-refractivity contribution in [3.63, 3.8) is 0 Å². The van der Waals surface area contributed by atoms with Gasteiger partial charge in [-0.1, -0.05) is 25.6 Å². The Balaban J connectivity index is 0.00000450. The van der Waals surface area contributed by atoms with Crippen LogP contribution in [0.5, 0.6) is 0 Å². The largest absolute Gasteiger partial charge is 0.381 e. The average molecular weight is 553 g/mol. The summed E-state index contributed by atoms with van der Waals surface area (Å²) in [4.78, 5) is 7.12. The predicted octanol–water partition coefficient (Wildman–Crippen LogP) is 3.92. The van der Waals surface area contributed by atoms with Gasteiger partial charge in [0.2, 0.25) is 0 Å². The minimum absolute atomic E-state index is 0. The summed E-state index contributed by atoms with van der Waals surface area (Å²) in [6.45, 7) is 12.1. The van der Waals surface area contributed by atoms with Gasteiger partial charge < -0.3 is 19.5 Å². The van der Waals surface area contributed by atoms with E-state index in [2.05, 4.69) is 59.1 Å². The van der Waals surface area contributed by atoms with E-state index in [0.717, 1.165) is 75.1 Å². The second kappa shape index (κ2) is 15.3. The van der Waals surface area contributed by atoms with E-state index < -0.39 is 0 Å².